The number of hydrogen-bond acceptors (Lipinski definition) is 2. The van der Waals surface area contributed by atoms with Crippen molar-refractivity contribution in [2.45, 2.75) is 51.9 Å². The number of carbonyl (C=O) groups is 1. The molecular formula is C24H29NO2. The molecule has 2 aromatic rings. The van der Waals surface area contributed by atoms with Crippen molar-refractivity contribution in [1.82, 2.24) is 0 Å². The van der Waals surface area contributed by atoms with E-state index in [0.29, 0.717) is 6.42 Å². The minimum Gasteiger partial charge on any atom is -0.480 e. The van der Waals surface area contributed by atoms with Crippen molar-refractivity contribution >= 4 is 5.97 Å². The van der Waals surface area contributed by atoms with Gasteiger partial charge in [-0.1, -0.05) is 100 Å². The Hall–Kier alpha value is -2.60. The molecule has 0 aliphatic rings. The Bertz CT molecular complexity index is 711. The zero-order valence-corrected chi connectivity index (χ0v) is 16.3. The van der Waals surface area contributed by atoms with E-state index in [-0.39, 0.29) is 5.92 Å². The van der Waals surface area contributed by atoms with Crippen molar-refractivity contribution in [2.75, 3.05) is 0 Å². The lowest BCUT2D eigenvalue weighted by atomic mass is 9.64. The molecule has 0 aliphatic heterocycles. The number of unbranched alkanes of at least 4 members (excludes halogenated alkanes) is 1. The second-order valence-electron chi connectivity index (χ2n) is 7.26. The third-order valence-electron chi connectivity index (χ3n) is 5.49. The average molecular weight is 364 g/mol. The number of rotatable bonds is 10. The quantitative estimate of drug-likeness (QED) is 0.561. The van der Waals surface area contributed by atoms with Gasteiger partial charge in [-0.25, -0.2) is 0 Å². The first kappa shape index (κ1) is 20.7. The molecule has 0 heterocycles. The topological polar surface area (TPSA) is 61.1 Å². The number of hydrogen-bond donors (Lipinski definition) is 1. The summed E-state index contributed by atoms with van der Waals surface area (Å²) in [6.45, 7) is 4.22. The fraction of sp³-hybridized carbons (Fsp3) is 0.417. The van der Waals surface area contributed by atoms with Crippen LogP contribution in [0.15, 0.2) is 60.7 Å². The molecule has 0 bridgehead atoms. The van der Waals surface area contributed by atoms with Gasteiger partial charge in [0.2, 0.25) is 0 Å². The summed E-state index contributed by atoms with van der Waals surface area (Å²) in [5.74, 6) is -1.31. The highest BCUT2D eigenvalue weighted by Gasteiger charge is 2.49. The molecule has 3 heteroatoms. The molecule has 2 rings (SSSR count). The largest absolute Gasteiger partial charge is 0.480 e. The molecule has 0 saturated heterocycles. The Morgan fingerprint density at radius 2 is 1.56 bits per heavy atom. The first-order valence-corrected chi connectivity index (χ1v) is 9.83. The van der Waals surface area contributed by atoms with Crippen LogP contribution >= 0.6 is 0 Å². The van der Waals surface area contributed by atoms with Gasteiger partial charge in [0.1, 0.15) is 0 Å². The number of carboxylic acids is 1. The molecule has 1 N–H and O–H groups in total. The maximum absolute atomic E-state index is 12.5. The number of benzene rings is 2. The van der Waals surface area contributed by atoms with E-state index in [0.717, 1.165) is 36.8 Å². The van der Waals surface area contributed by atoms with E-state index in [1.165, 1.54) is 0 Å². The summed E-state index contributed by atoms with van der Waals surface area (Å²) in [6, 6.07) is 21.4. The molecule has 2 aromatic carbocycles. The van der Waals surface area contributed by atoms with E-state index < -0.39 is 17.3 Å². The smallest absolute Gasteiger partial charge is 0.325 e. The fourth-order valence-corrected chi connectivity index (χ4v) is 3.94. The second-order valence-corrected chi connectivity index (χ2v) is 7.26. The van der Waals surface area contributed by atoms with Gasteiger partial charge in [-0.05, 0) is 23.5 Å². The summed E-state index contributed by atoms with van der Waals surface area (Å²) in [5.41, 5.74) is 0.257. The van der Waals surface area contributed by atoms with Crippen LogP contribution in [0, 0.1) is 22.7 Å². The van der Waals surface area contributed by atoms with Gasteiger partial charge in [0.15, 0.2) is 5.41 Å². The lowest BCUT2D eigenvalue weighted by Gasteiger charge is -2.35. The molecule has 0 fully saturated rings. The number of nitrogens with zero attached hydrogens (tertiary/aromatic N) is 1. The third kappa shape index (κ3) is 4.77. The van der Waals surface area contributed by atoms with Crippen LogP contribution in [-0.4, -0.2) is 11.1 Å². The minimum absolute atomic E-state index is 0.218. The lowest BCUT2D eigenvalue weighted by molar-refractivity contribution is -0.147. The van der Waals surface area contributed by atoms with Crippen LogP contribution in [0.3, 0.4) is 0 Å². The molecule has 3 nitrogen and oxygen atoms in total. The Labute approximate surface area is 162 Å². The zero-order valence-electron chi connectivity index (χ0n) is 16.3. The maximum Gasteiger partial charge on any atom is 0.325 e. The molecule has 0 saturated carbocycles. The van der Waals surface area contributed by atoms with E-state index in [9.17, 15) is 15.2 Å². The third-order valence-corrected chi connectivity index (χ3v) is 5.49. The van der Waals surface area contributed by atoms with E-state index in [2.05, 4.69) is 19.9 Å². The average Bonchev–Trinajstić information content (AvgIpc) is 2.71. The first-order valence-electron chi connectivity index (χ1n) is 9.83. The van der Waals surface area contributed by atoms with E-state index in [1.807, 2.05) is 60.7 Å². The molecular weight excluding hydrogens is 334 g/mol. The normalized spacial score (nSPS) is 14.3. The van der Waals surface area contributed by atoms with Crippen molar-refractivity contribution in [1.29, 1.82) is 5.26 Å². The predicted molar refractivity (Wildman–Crippen MR) is 108 cm³/mol. The van der Waals surface area contributed by atoms with Crippen molar-refractivity contribution in [3.8, 4) is 6.07 Å². The van der Waals surface area contributed by atoms with Gasteiger partial charge >= 0.3 is 5.97 Å². The summed E-state index contributed by atoms with van der Waals surface area (Å²) in [7, 11) is 0. The van der Waals surface area contributed by atoms with Gasteiger partial charge in [-0.15, -0.1) is 0 Å². The number of carboxylic acid groups (broad SMARTS) is 1. The van der Waals surface area contributed by atoms with Crippen molar-refractivity contribution in [3.05, 3.63) is 71.8 Å². The molecule has 0 spiro atoms. The van der Waals surface area contributed by atoms with Gasteiger partial charge in [-0.2, -0.15) is 5.26 Å². The number of nitriles is 1. The summed E-state index contributed by atoms with van der Waals surface area (Å²) in [5, 5.41) is 20.4. The van der Waals surface area contributed by atoms with E-state index in [1.54, 1.807) is 0 Å². The van der Waals surface area contributed by atoms with Crippen LogP contribution in [0.4, 0.5) is 0 Å². The summed E-state index contributed by atoms with van der Waals surface area (Å²) >= 11 is 0. The van der Waals surface area contributed by atoms with Crippen molar-refractivity contribution in [2.24, 2.45) is 11.3 Å². The Kier molecular flexibility index (Phi) is 7.61. The first-order chi connectivity index (χ1) is 13.1. The molecule has 0 radical (unpaired) electrons. The molecule has 2 atom stereocenters. The van der Waals surface area contributed by atoms with Gasteiger partial charge < -0.3 is 5.11 Å². The Morgan fingerprint density at radius 1 is 1.04 bits per heavy atom. The lowest BCUT2D eigenvalue weighted by Crippen LogP contribution is -2.38. The fourth-order valence-electron chi connectivity index (χ4n) is 3.94. The SMILES string of the molecule is CCCCC(CC)CC(C#N)(C(=O)O)C(c1ccccc1)c1ccccc1. The van der Waals surface area contributed by atoms with Gasteiger partial charge in [-0.3, -0.25) is 4.79 Å². The van der Waals surface area contributed by atoms with Crippen LogP contribution in [0.2, 0.25) is 0 Å². The molecule has 0 amide bonds. The van der Waals surface area contributed by atoms with Crippen LogP contribution in [0.1, 0.15) is 63.0 Å². The van der Waals surface area contributed by atoms with Crippen LogP contribution in [-0.2, 0) is 4.79 Å². The predicted octanol–water partition coefficient (Wildman–Crippen LogP) is 6.02. The van der Waals surface area contributed by atoms with E-state index >= 15 is 0 Å². The highest BCUT2D eigenvalue weighted by Crippen LogP contribution is 2.46. The molecule has 27 heavy (non-hydrogen) atoms. The minimum atomic E-state index is -1.49. The maximum atomic E-state index is 12.5. The van der Waals surface area contributed by atoms with E-state index in [4.69, 9.17) is 0 Å². The summed E-state index contributed by atoms with van der Waals surface area (Å²) < 4.78 is 0. The highest BCUT2D eigenvalue weighted by atomic mass is 16.4. The van der Waals surface area contributed by atoms with Gasteiger partial charge in [0, 0.05) is 5.92 Å². The second kappa shape index (κ2) is 9.92. The van der Waals surface area contributed by atoms with Crippen LogP contribution in [0.25, 0.3) is 0 Å². The number of aliphatic carboxylic acids is 1. The monoisotopic (exact) mass is 363 g/mol. The zero-order chi connectivity index (χ0) is 19.7. The Balaban J connectivity index is 2.58. The Morgan fingerprint density at radius 3 is 1.93 bits per heavy atom. The van der Waals surface area contributed by atoms with Crippen molar-refractivity contribution in [3.63, 3.8) is 0 Å². The molecule has 2 unspecified atom stereocenters. The summed E-state index contributed by atoms with van der Waals surface area (Å²) in [6.07, 6.45) is 4.34. The standard InChI is InChI=1S/C24H29NO2/c1-3-5-12-19(4-2)17-24(18-25,23(26)27)22(20-13-8-6-9-14-20)21-15-10-7-11-16-21/h6-11,13-16,19,22H,3-5,12,17H2,1-2H3,(H,26,27). The van der Waals surface area contributed by atoms with Crippen molar-refractivity contribution < 1.29 is 9.90 Å². The van der Waals surface area contributed by atoms with Crippen LogP contribution < -0.4 is 0 Å². The van der Waals surface area contributed by atoms with Crippen LogP contribution in [0.5, 0.6) is 0 Å². The molecule has 0 aliphatic carbocycles. The molecule has 0 aromatic heterocycles. The molecule has 142 valence electrons. The highest BCUT2D eigenvalue weighted by molar-refractivity contribution is 5.80. The van der Waals surface area contributed by atoms with Gasteiger partial charge in [0.05, 0.1) is 6.07 Å². The van der Waals surface area contributed by atoms with Gasteiger partial charge in [0.25, 0.3) is 0 Å². The summed E-state index contributed by atoms with van der Waals surface area (Å²) in [4.78, 5) is 12.5.